The van der Waals surface area contributed by atoms with Crippen LogP contribution in [0.2, 0.25) is 0 Å². The Labute approximate surface area is 124 Å². The molecule has 0 N–H and O–H groups in total. The van der Waals surface area contributed by atoms with E-state index in [0.717, 1.165) is 0 Å². The molecular weight excluding hydrogens is 242 g/mol. The van der Waals surface area contributed by atoms with Gasteiger partial charge in [0.2, 0.25) is 0 Å². The van der Waals surface area contributed by atoms with E-state index in [-0.39, 0.29) is 10.8 Å². The molecule has 2 bridgehead atoms. The van der Waals surface area contributed by atoms with Gasteiger partial charge in [-0.3, -0.25) is 4.90 Å². The van der Waals surface area contributed by atoms with Gasteiger partial charge in [-0.1, -0.05) is 53.7 Å². The summed E-state index contributed by atoms with van der Waals surface area (Å²) in [6.07, 6.45) is 2.68. The van der Waals surface area contributed by atoms with E-state index in [4.69, 9.17) is 0 Å². The summed E-state index contributed by atoms with van der Waals surface area (Å²) in [5.41, 5.74) is 6.96. The van der Waals surface area contributed by atoms with Crippen LogP contribution in [-0.2, 0) is 10.8 Å². The molecular formula is C19H29N. The normalized spacial score (nSPS) is 26.1. The zero-order valence-corrected chi connectivity index (χ0v) is 14.2. The Morgan fingerprint density at radius 3 is 1.45 bits per heavy atom. The minimum absolute atomic E-state index is 0.242. The van der Waals surface area contributed by atoms with Crippen LogP contribution in [0.3, 0.4) is 0 Å². The molecule has 0 saturated carbocycles. The smallest absolute Gasteiger partial charge is 0.0358 e. The van der Waals surface area contributed by atoms with E-state index in [2.05, 4.69) is 65.6 Å². The Morgan fingerprint density at radius 1 is 0.800 bits per heavy atom. The summed E-state index contributed by atoms with van der Waals surface area (Å²) < 4.78 is 0. The van der Waals surface area contributed by atoms with Crippen molar-refractivity contribution < 1.29 is 0 Å². The maximum absolute atomic E-state index is 2.62. The zero-order chi connectivity index (χ0) is 14.9. The largest absolute Gasteiger partial charge is 0.292 e. The monoisotopic (exact) mass is 271 g/mol. The van der Waals surface area contributed by atoms with Gasteiger partial charge in [0.05, 0.1) is 0 Å². The highest BCUT2D eigenvalue weighted by Gasteiger charge is 2.46. The van der Waals surface area contributed by atoms with Crippen molar-refractivity contribution in [2.45, 2.75) is 77.3 Å². The van der Waals surface area contributed by atoms with Crippen molar-refractivity contribution in [2.75, 3.05) is 7.05 Å². The SMILES string of the molecule is CN1C2CCC1c1c(C(C)(C)C)ccc(C(C)(C)C)c12. The highest BCUT2D eigenvalue weighted by molar-refractivity contribution is 5.53. The zero-order valence-electron chi connectivity index (χ0n) is 14.2. The first kappa shape index (κ1) is 14.1. The molecule has 1 nitrogen and oxygen atoms in total. The van der Waals surface area contributed by atoms with Crippen molar-refractivity contribution in [1.82, 2.24) is 4.90 Å². The Bertz CT molecular complexity index is 493. The van der Waals surface area contributed by atoms with Crippen molar-refractivity contribution >= 4 is 0 Å². The van der Waals surface area contributed by atoms with Crippen LogP contribution in [0, 0.1) is 0 Å². The quantitative estimate of drug-likeness (QED) is 0.634. The molecule has 0 amide bonds. The number of hydrogen-bond acceptors (Lipinski definition) is 1. The van der Waals surface area contributed by atoms with E-state index in [0.29, 0.717) is 12.1 Å². The molecule has 110 valence electrons. The van der Waals surface area contributed by atoms with Crippen molar-refractivity contribution in [3.63, 3.8) is 0 Å². The predicted molar refractivity (Wildman–Crippen MR) is 86.3 cm³/mol. The Hall–Kier alpha value is -0.820. The number of benzene rings is 1. The molecule has 0 spiro atoms. The topological polar surface area (TPSA) is 3.24 Å². The third-order valence-corrected chi connectivity index (χ3v) is 5.27. The molecule has 1 aromatic carbocycles. The van der Waals surface area contributed by atoms with E-state index in [1.165, 1.54) is 12.8 Å². The van der Waals surface area contributed by atoms with E-state index in [9.17, 15) is 0 Å². The first-order chi connectivity index (χ1) is 9.12. The molecule has 0 aromatic heterocycles. The van der Waals surface area contributed by atoms with Crippen molar-refractivity contribution in [3.05, 3.63) is 34.4 Å². The van der Waals surface area contributed by atoms with Gasteiger partial charge in [-0.05, 0) is 53.0 Å². The van der Waals surface area contributed by atoms with Crippen LogP contribution in [0.4, 0.5) is 0 Å². The fourth-order valence-corrected chi connectivity index (χ4v) is 4.30. The second-order valence-corrected chi connectivity index (χ2v) is 8.76. The number of hydrogen-bond donors (Lipinski definition) is 0. The van der Waals surface area contributed by atoms with Crippen molar-refractivity contribution in [1.29, 1.82) is 0 Å². The summed E-state index contributed by atoms with van der Waals surface area (Å²) in [7, 11) is 2.32. The summed E-state index contributed by atoms with van der Waals surface area (Å²) >= 11 is 0. The lowest BCUT2D eigenvalue weighted by Crippen LogP contribution is -2.21. The fourth-order valence-electron chi connectivity index (χ4n) is 4.30. The Morgan fingerprint density at radius 2 is 1.15 bits per heavy atom. The van der Waals surface area contributed by atoms with Crippen LogP contribution in [0.25, 0.3) is 0 Å². The van der Waals surface area contributed by atoms with E-state index in [1.807, 2.05) is 0 Å². The molecule has 2 atom stereocenters. The molecule has 1 heteroatoms. The number of nitrogens with zero attached hydrogens (tertiary/aromatic N) is 1. The van der Waals surface area contributed by atoms with Gasteiger partial charge in [-0.2, -0.15) is 0 Å². The minimum Gasteiger partial charge on any atom is -0.292 e. The van der Waals surface area contributed by atoms with Gasteiger partial charge >= 0.3 is 0 Å². The van der Waals surface area contributed by atoms with Gasteiger partial charge in [0.25, 0.3) is 0 Å². The minimum atomic E-state index is 0.242. The molecule has 1 saturated heterocycles. The molecule has 2 aliphatic rings. The third kappa shape index (κ3) is 1.86. The maximum atomic E-state index is 2.62. The molecule has 3 rings (SSSR count). The first-order valence-corrected chi connectivity index (χ1v) is 8.02. The molecule has 1 aromatic rings. The third-order valence-electron chi connectivity index (χ3n) is 5.27. The summed E-state index contributed by atoms with van der Waals surface area (Å²) in [5, 5.41) is 0. The highest BCUT2D eigenvalue weighted by Crippen LogP contribution is 2.56. The van der Waals surface area contributed by atoms with Crippen molar-refractivity contribution in [2.24, 2.45) is 0 Å². The summed E-state index contributed by atoms with van der Waals surface area (Å²) in [4.78, 5) is 2.62. The predicted octanol–water partition coefficient (Wildman–Crippen LogP) is 5.10. The van der Waals surface area contributed by atoms with Crippen LogP contribution < -0.4 is 0 Å². The van der Waals surface area contributed by atoms with Gasteiger partial charge in [-0.15, -0.1) is 0 Å². The number of rotatable bonds is 0. The maximum Gasteiger partial charge on any atom is 0.0358 e. The van der Waals surface area contributed by atoms with E-state index < -0.39 is 0 Å². The van der Waals surface area contributed by atoms with Crippen molar-refractivity contribution in [3.8, 4) is 0 Å². The average Bonchev–Trinajstić information content (AvgIpc) is 2.79. The second-order valence-electron chi connectivity index (χ2n) is 8.76. The molecule has 1 fully saturated rings. The Kier molecular flexibility index (Phi) is 2.90. The average molecular weight is 271 g/mol. The fraction of sp³-hybridized carbons (Fsp3) is 0.684. The first-order valence-electron chi connectivity index (χ1n) is 8.02. The molecule has 0 radical (unpaired) electrons. The van der Waals surface area contributed by atoms with E-state index >= 15 is 0 Å². The van der Waals surface area contributed by atoms with Gasteiger partial charge in [-0.25, -0.2) is 0 Å². The lowest BCUT2D eigenvalue weighted by molar-refractivity contribution is 0.278. The standard InChI is InChI=1S/C19H29N/c1-18(2,3)12-8-9-13(19(4,5)6)17-15-11-10-14(16(12)17)20(15)7/h8-9,14-15H,10-11H2,1-7H3. The highest BCUT2D eigenvalue weighted by atomic mass is 15.2. The van der Waals surface area contributed by atoms with E-state index in [1.54, 1.807) is 22.3 Å². The van der Waals surface area contributed by atoms with Crippen LogP contribution >= 0.6 is 0 Å². The molecule has 2 aliphatic heterocycles. The van der Waals surface area contributed by atoms with Crippen LogP contribution in [-0.4, -0.2) is 11.9 Å². The lowest BCUT2D eigenvalue weighted by atomic mass is 9.72. The van der Waals surface area contributed by atoms with Gasteiger partial charge < -0.3 is 0 Å². The summed E-state index contributed by atoms with van der Waals surface area (Å²) in [6.45, 7) is 14.1. The molecule has 2 unspecified atom stereocenters. The molecule has 2 heterocycles. The summed E-state index contributed by atoms with van der Waals surface area (Å²) in [5.74, 6) is 0. The van der Waals surface area contributed by atoms with Crippen LogP contribution in [0.1, 0.15) is 88.7 Å². The summed E-state index contributed by atoms with van der Waals surface area (Å²) in [6, 6.07) is 6.14. The second kappa shape index (κ2) is 4.10. The van der Waals surface area contributed by atoms with Crippen LogP contribution in [0.15, 0.2) is 12.1 Å². The van der Waals surface area contributed by atoms with Gasteiger partial charge in [0, 0.05) is 12.1 Å². The van der Waals surface area contributed by atoms with Crippen LogP contribution in [0.5, 0.6) is 0 Å². The van der Waals surface area contributed by atoms with Gasteiger partial charge in [0.15, 0.2) is 0 Å². The molecule has 20 heavy (non-hydrogen) atoms. The molecule has 0 aliphatic carbocycles. The van der Waals surface area contributed by atoms with Gasteiger partial charge in [0.1, 0.15) is 0 Å². The lowest BCUT2D eigenvalue weighted by Gasteiger charge is -2.31. The Balaban J connectivity index is 2.29. The number of fused-ring (bicyclic) bond motifs is 5.